The molecule has 0 aromatic carbocycles. The molecule has 1 aromatic heterocycles. The van der Waals surface area contributed by atoms with Crippen molar-refractivity contribution in [2.24, 2.45) is 0 Å². The third-order valence-corrected chi connectivity index (χ3v) is 2.91. The van der Waals surface area contributed by atoms with Gasteiger partial charge in [0, 0.05) is 12.6 Å². The minimum absolute atomic E-state index is 0.0195. The molecule has 114 valence electrons. The molecule has 1 aromatic rings. The molecule has 1 fully saturated rings. The van der Waals surface area contributed by atoms with Crippen LogP contribution in [0.3, 0.4) is 0 Å². The Kier molecular flexibility index (Phi) is 4.94. The average molecular weight is 295 g/mol. The van der Waals surface area contributed by atoms with Gasteiger partial charge in [0.25, 0.3) is 0 Å². The van der Waals surface area contributed by atoms with Crippen LogP contribution in [-0.4, -0.2) is 59.4 Å². The van der Waals surface area contributed by atoms with Gasteiger partial charge >= 0.3 is 12.0 Å². The monoisotopic (exact) mass is 295 g/mol. The van der Waals surface area contributed by atoms with Crippen LogP contribution in [0.15, 0.2) is 18.3 Å². The molecule has 0 bridgehead atoms. The molecular weight excluding hydrogens is 278 g/mol. The van der Waals surface area contributed by atoms with Crippen molar-refractivity contribution in [3.63, 3.8) is 0 Å². The summed E-state index contributed by atoms with van der Waals surface area (Å²) >= 11 is 0. The summed E-state index contributed by atoms with van der Waals surface area (Å²) in [6, 6.07) is 2.94. The molecule has 0 radical (unpaired) electrons. The van der Waals surface area contributed by atoms with E-state index < -0.39 is 12.1 Å². The van der Waals surface area contributed by atoms with Gasteiger partial charge in [-0.3, -0.25) is 0 Å². The van der Waals surface area contributed by atoms with Gasteiger partial charge in [0.1, 0.15) is 0 Å². The molecule has 8 nitrogen and oxygen atoms in total. The van der Waals surface area contributed by atoms with Crippen molar-refractivity contribution in [1.29, 1.82) is 0 Å². The number of aromatic nitrogens is 1. The summed E-state index contributed by atoms with van der Waals surface area (Å²) in [4.78, 5) is 28.4. The molecule has 1 aliphatic rings. The average Bonchev–Trinajstić information content (AvgIpc) is 2.49. The van der Waals surface area contributed by atoms with Gasteiger partial charge in [-0.1, -0.05) is 0 Å². The fraction of sp³-hybridized carbons (Fsp3) is 0.462. The van der Waals surface area contributed by atoms with Gasteiger partial charge in [0.2, 0.25) is 5.88 Å². The molecule has 2 N–H and O–H groups in total. The Hall–Kier alpha value is -2.35. The van der Waals surface area contributed by atoms with E-state index in [0.717, 1.165) is 0 Å². The Morgan fingerprint density at radius 1 is 1.57 bits per heavy atom. The summed E-state index contributed by atoms with van der Waals surface area (Å²) in [5.41, 5.74) is 0.516. The number of carboxylic acid groups (broad SMARTS) is 1. The Balaban J connectivity index is 1.92. The van der Waals surface area contributed by atoms with Gasteiger partial charge in [0.05, 0.1) is 31.6 Å². The van der Waals surface area contributed by atoms with E-state index in [1.807, 2.05) is 6.92 Å². The summed E-state index contributed by atoms with van der Waals surface area (Å²) in [5, 5.41) is 11.6. The van der Waals surface area contributed by atoms with Gasteiger partial charge in [-0.15, -0.1) is 0 Å². The minimum atomic E-state index is -1.07. The lowest BCUT2D eigenvalue weighted by Crippen LogP contribution is -2.49. The number of ether oxygens (including phenoxy) is 2. The highest BCUT2D eigenvalue weighted by Crippen LogP contribution is 2.13. The first-order chi connectivity index (χ1) is 10.1. The molecule has 21 heavy (non-hydrogen) atoms. The second-order valence-electron chi connectivity index (χ2n) is 4.39. The second-order valence-corrected chi connectivity index (χ2v) is 4.39. The van der Waals surface area contributed by atoms with E-state index in [1.54, 1.807) is 12.1 Å². The Morgan fingerprint density at radius 2 is 2.38 bits per heavy atom. The number of hydrogen-bond acceptors (Lipinski definition) is 5. The van der Waals surface area contributed by atoms with E-state index >= 15 is 0 Å². The number of nitrogens with zero attached hydrogens (tertiary/aromatic N) is 2. The van der Waals surface area contributed by atoms with E-state index in [9.17, 15) is 9.59 Å². The summed E-state index contributed by atoms with van der Waals surface area (Å²) in [5.74, 6) is -0.594. The highest BCUT2D eigenvalue weighted by molar-refractivity contribution is 5.89. The van der Waals surface area contributed by atoms with Crippen LogP contribution in [-0.2, 0) is 9.53 Å². The van der Waals surface area contributed by atoms with Crippen LogP contribution in [0.5, 0.6) is 5.88 Å². The maximum atomic E-state index is 12.1. The maximum absolute atomic E-state index is 12.1. The van der Waals surface area contributed by atoms with Crippen LogP contribution in [0.25, 0.3) is 0 Å². The van der Waals surface area contributed by atoms with Crippen LogP contribution < -0.4 is 10.1 Å². The number of morpholine rings is 1. The third-order valence-electron chi connectivity index (χ3n) is 2.91. The highest BCUT2D eigenvalue weighted by Gasteiger charge is 2.28. The number of hydrogen-bond donors (Lipinski definition) is 2. The summed E-state index contributed by atoms with van der Waals surface area (Å²) in [6.07, 6.45) is 0.501. The number of carbonyl (C=O) groups excluding carboxylic acids is 1. The molecule has 0 spiro atoms. The molecule has 1 unspecified atom stereocenters. The number of carboxylic acids is 1. The summed E-state index contributed by atoms with van der Waals surface area (Å²) < 4.78 is 10.3. The van der Waals surface area contributed by atoms with Crippen LogP contribution >= 0.6 is 0 Å². The molecule has 2 rings (SSSR count). The number of amides is 2. The first-order valence-electron chi connectivity index (χ1n) is 6.59. The predicted octanol–water partition coefficient (Wildman–Crippen LogP) is 0.798. The summed E-state index contributed by atoms with van der Waals surface area (Å²) in [7, 11) is 0. The van der Waals surface area contributed by atoms with Crippen molar-refractivity contribution < 1.29 is 24.2 Å². The molecule has 1 aliphatic heterocycles. The van der Waals surface area contributed by atoms with Gasteiger partial charge < -0.3 is 24.8 Å². The maximum Gasteiger partial charge on any atom is 0.334 e. The summed E-state index contributed by atoms with van der Waals surface area (Å²) in [6.45, 7) is 2.94. The molecule has 0 aliphatic carbocycles. The quantitative estimate of drug-likeness (QED) is 0.852. The van der Waals surface area contributed by atoms with Crippen molar-refractivity contribution in [3.8, 4) is 5.88 Å². The Morgan fingerprint density at radius 3 is 3.00 bits per heavy atom. The first-order valence-corrected chi connectivity index (χ1v) is 6.59. The first kappa shape index (κ1) is 15.0. The molecule has 1 saturated heterocycles. The SMILES string of the molecule is CCOc1ccc(NC(=O)N2CCOC(C(=O)O)C2)cn1. The van der Waals surface area contributed by atoms with E-state index in [2.05, 4.69) is 10.3 Å². The fourth-order valence-corrected chi connectivity index (χ4v) is 1.87. The van der Waals surface area contributed by atoms with Gasteiger partial charge in [-0.25, -0.2) is 14.6 Å². The lowest BCUT2D eigenvalue weighted by molar-refractivity contribution is -0.154. The zero-order valence-corrected chi connectivity index (χ0v) is 11.6. The molecule has 2 amide bonds. The third kappa shape index (κ3) is 4.06. The minimum Gasteiger partial charge on any atom is -0.479 e. The number of carbonyl (C=O) groups is 2. The van der Waals surface area contributed by atoms with Gasteiger partial charge in [-0.2, -0.15) is 0 Å². The van der Waals surface area contributed by atoms with E-state index in [0.29, 0.717) is 24.7 Å². The Labute approximate surface area is 121 Å². The normalized spacial score (nSPS) is 18.1. The van der Waals surface area contributed by atoms with Crippen molar-refractivity contribution in [3.05, 3.63) is 18.3 Å². The second kappa shape index (κ2) is 6.89. The van der Waals surface area contributed by atoms with E-state index in [-0.39, 0.29) is 19.2 Å². The van der Waals surface area contributed by atoms with Crippen molar-refractivity contribution in [2.75, 3.05) is 31.6 Å². The highest BCUT2D eigenvalue weighted by atomic mass is 16.5. The van der Waals surface area contributed by atoms with Crippen LogP contribution in [0.2, 0.25) is 0 Å². The van der Waals surface area contributed by atoms with Gasteiger partial charge in [-0.05, 0) is 13.0 Å². The largest absolute Gasteiger partial charge is 0.479 e. The van der Waals surface area contributed by atoms with E-state index in [4.69, 9.17) is 14.6 Å². The lowest BCUT2D eigenvalue weighted by atomic mass is 10.3. The topological polar surface area (TPSA) is 101 Å². The van der Waals surface area contributed by atoms with Crippen molar-refractivity contribution >= 4 is 17.7 Å². The zero-order valence-electron chi connectivity index (χ0n) is 11.6. The predicted molar refractivity (Wildman–Crippen MR) is 73.4 cm³/mol. The van der Waals surface area contributed by atoms with Crippen LogP contribution in [0, 0.1) is 0 Å². The zero-order chi connectivity index (χ0) is 15.2. The fourth-order valence-electron chi connectivity index (χ4n) is 1.87. The van der Waals surface area contributed by atoms with Crippen molar-refractivity contribution in [1.82, 2.24) is 9.88 Å². The number of anilines is 1. The van der Waals surface area contributed by atoms with Crippen LogP contribution in [0.4, 0.5) is 10.5 Å². The number of urea groups is 1. The number of rotatable bonds is 4. The van der Waals surface area contributed by atoms with Crippen LogP contribution in [0.1, 0.15) is 6.92 Å². The number of pyridine rings is 1. The molecule has 0 saturated carbocycles. The lowest BCUT2D eigenvalue weighted by Gasteiger charge is -2.30. The smallest absolute Gasteiger partial charge is 0.334 e. The number of aliphatic carboxylic acids is 1. The van der Waals surface area contributed by atoms with Gasteiger partial charge in [0.15, 0.2) is 6.10 Å². The molecule has 8 heteroatoms. The number of nitrogens with one attached hydrogen (secondary N) is 1. The molecule has 2 heterocycles. The van der Waals surface area contributed by atoms with E-state index in [1.165, 1.54) is 11.1 Å². The molecular formula is C13H17N3O5. The van der Waals surface area contributed by atoms with Crippen molar-refractivity contribution in [2.45, 2.75) is 13.0 Å². The standard InChI is InChI=1S/C13H17N3O5/c1-2-20-11-4-3-9(7-14-11)15-13(19)16-5-6-21-10(8-16)12(17)18/h3-4,7,10H,2,5-6,8H2,1H3,(H,15,19)(H,17,18). The molecule has 1 atom stereocenters. The Bertz CT molecular complexity index is 505.